The zero-order chi connectivity index (χ0) is 9.52. The van der Waals surface area contributed by atoms with Crippen LogP contribution in [0.4, 0.5) is 5.82 Å². The minimum atomic E-state index is 0.480. The molecule has 0 aliphatic heterocycles. The molecule has 4 heteroatoms. The van der Waals surface area contributed by atoms with Crippen molar-refractivity contribution in [1.29, 1.82) is 0 Å². The summed E-state index contributed by atoms with van der Waals surface area (Å²) in [6.45, 7) is 3.13. The van der Waals surface area contributed by atoms with Gasteiger partial charge in [-0.15, -0.1) is 0 Å². The molecule has 0 unspecified atom stereocenters. The molecule has 1 aromatic rings. The lowest BCUT2D eigenvalue weighted by molar-refractivity contribution is 0.742. The number of aromatic nitrogens is 2. The fourth-order valence-corrected chi connectivity index (χ4v) is 1.17. The topological polar surface area (TPSA) is 37.8 Å². The summed E-state index contributed by atoms with van der Waals surface area (Å²) in [6.07, 6.45) is 5.10. The van der Waals surface area contributed by atoms with Crippen LogP contribution in [0.3, 0.4) is 0 Å². The van der Waals surface area contributed by atoms with E-state index >= 15 is 0 Å². The highest BCUT2D eigenvalue weighted by Crippen LogP contribution is 2.08. The van der Waals surface area contributed by atoms with Gasteiger partial charge in [-0.1, -0.05) is 31.4 Å². The van der Waals surface area contributed by atoms with E-state index in [2.05, 4.69) is 22.2 Å². The first-order valence-corrected chi connectivity index (χ1v) is 4.92. The molecule has 1 rings (SSSR count). The molecule has 0 saturated carbocycles. The van der Waals surface area contributed by atoms with Gasteiger partial charge in [-0.3, -0.25) is 0 Å². The molecule has 0 bridgehead atoms. The van der Waals surface area contributed by atoms with Gasteiger partial charge in [0.15, 0.2) is 0 Å². The van der Waals surface area contributed by atoms with Crippen molar-refractivity contribution in [1.82, 2.24) is 9.97 Å². The van der Waals surface area contributed by atoms with E-state index < -0.39 is 0 Å². The van der Waals surface area contributed by atoms with Gasteiger partial charge in [0.05, 0.1) is 0 Å². The van der Waals surface area contributed by atoms with Crippen LogP contribution in [0.25, 0.3) is 0 Å². The molecule has 0 atom stereocenters. The van der Waals surface area contributed by atoms with Gasteiger partial charge in [0.1, 0.15) is 17.3 Å². The quantitative estimate of drug-likeness (QED) is 0.586. The molecule has 1 aromatic heterocycles. The van der Waals surface area contributed by atoms with Crippen molar-refractivity contribution in [3.8, 4) is 0 Å². The fourth-order valence-electron chi connectivity index (χ4n) is 1.02. The van der Waals surface area contributed by atoms with Crippen molar-refractivity contribution in [2.75, 3.05) is 11.9 Å². The third-order valence-corrected chi connectivity index (χ3v) is 1.93. The zero-order valence-electron chi connectivity index (χ0n) is 7.76. The second-order valence-electron chi connectivity index (χ2n) is 2.86. The fraction of sp³-hybridized carbons (Fsp3) is 0.556. The highest BCUT2D eigenvalue weighted by Gasteiger charge is 1.94. The maximum absolute atomic E-state index is 5.69. The van der Waals surface area contributed by atoms with Crippen molar-refractivity contribution < 1.29 is 0 Å². The number of nitrogens with one attached hydrogen (secondary N) is 1. The summed E-state index contributed by atoms with van der Waals surface area (Å²) in [5.74, 6) is 0.802. The Kier molecular flexibility index (Phi) is 4.54. The van der Waals surface area contributed by atoms with Crippen molar-refractivity contribution in [3.63, 3.8) is 0 Å². The average Bonchev–Trinajstić information content (AvgIpc) is 2.13. The number of rotatable bonds is 5. The minimum absolute atomic E-state index is 0.480. The minimum Gasteiger partial charge on any atom is -0.370 e. The first-order valence-electron chi connectivity index (χ1n) is 4.54. The highest BCUT2D eigenvalue weighted by molar-refractivity contribution is 6.29. The standard InChI is InChI=1S/C9H14ClN3/c1-2-3-4-5-11-9-6-8(10)12-7-13-9/h6-7H,2-5H2,1H3,(H,11,12,13). The second-order valence-corrected chi connectivity index (χ2v) is 3.25. The third-order valence-electron chi connectivity index (χ3n) is 1.72. The molecular formula is C9H14ClN3. The van der Waals surface area contributed by atoms with Crippen LogP contribution in [0.1, 0.15) is 26.2 Å². The van der Waals surface area contributed by atoms with E-state index in [9.17, 15) is 0 Å². The number of halogens is 1. The number of hydrogen-bond donors (Lipinski definition) is 1. The number of anilines is 1. The first kappa shape index (κ1) is 10.3. The van der Waals surface area contributed by atoms with E-state index in [4.69, 9.17) is 11.6 Å². The first-order chi connectivity index (χ1) is 6.33. The number of hydrogen-bond acceptors (Lipinski definition) is 3. The SMILES string of the molecule is CCCCCNc1cc(Cl)ncn1. The van der Waals surface area contributed by atoms with Gasteiger partial charge < -0.3 is 5.32 Å². The smallest absolute Gasteiger partial charge is 0.134 e. The van der Waals surface area contributed by atoms with E-state index in [0.29, 0.717) is 5.15 Å². The molecular weight excluding hydrogens is 186 g/mol. The summed E-state index contributed by atoms with van der Waals surface area (Å²) in [5, 5.41) is 3.66. The Labute approximate surface area is 83.5 Å². The second kappa shape index (κ2) is 5.75. The summed E-state index contributed by atoms with van der Waals surface area (Å²) >= 11 is 5.69. The summed E-state index contributed by atoms with van der Waals surface area (Å²) in [7, 11) is 0. The molecule has 0 aromatic carbocycles. The molecule has 0 aliphatic carbocycles. The van der Waals surface area contributed by atoms with E-state index in [1.807, 2.05) is 0 Å². The van der Waals surface area contributed by atoms with Crippen molar-refractivity contribution in [3.05, 3.63) is 17.5 Å². The van der Waals surface area contributed by atoms with Crippen molar-refractivity contribution >= 4 is 17.4 Å². The monoisotopic (exact) mass is 199 g/mol. The molecule has 0 spiro atoms. The highest BCUT2D eigenvalue weighted by atomic mass is 35.5. The van der Waals surface area contributed by atoms with Crippen LogP contribution in [0.5, 0.6) is 0 Å². The number of unbranched alkanes of at least 4 members (excludes halogenated alkanes) is 2. The maximum atomic E-state index is 5.69. The predicted molar refractivity (Wildman–Crippen MR) is 55.1 cm³/mol. The molecule has 1 heterocycles. The van der Waals surface area contributed by atoms with Gasteiger partial charge in [-0.2, -0.15) is 0 Å². The lowest BCUT2D eigenvalue weighted by Gasteiger charge is -2.03. The lowest BCUT2D eigenvalue weighted by Crippen LogP contribution is -2.03. The molecule has 0 aliphatic rings. The normalized spacial score (nSPS) is 10.0. The molecule has 13 heavy (non-hydrogen) atoms. The molecule has 0 fully saturated rings. The van der Waals surface area contributed by atoms with Crippen LogP contribution in [0, 0.1) is 0 Å². The molecule has 0 radical (unpaired) electrons. The van der Waals surface area contributed by atoms with Gasteiger partial charge in [-0.25, -0.2) is 9.97 Å². The van der Waals surface area contributed by atoms with Crippen LogP contribution in [0.15, 0.2) is 12.4 Å². The summed E-state index contributed by atoms with van der Waals surface area (Å²) in [5.41, 5.74) is 0. The van der Waals surface area contributed by atoms with Crippen molar-refractivity contribution in [2.45, 2.75) is 26.2 Å². The van der Waals surface area contributed by atoms with Crippen LogP contribution >= 0.6 is 11.6 Å². The van der Waals surface area contributed by atoms with Gasteiger partial charge in [0.25, 0.3) is 0 Å². The Balaban J connectivity index is 2.28. The number of nitrogens with zero attached hydrogens (tertiary/aromatic N) is 2. The van der Waals surface area contributed by atoms with Crippen molar-refractivity contribution in [2.24, 2.45) is 0 Å². The van der Waals surface area contributed by atoms with Crippen LogP contribution < -0.4 is 5.32 Å². The van der Waals surface area contributed by atoms with Gasteiger partial charge in [0.2, 0.25) is 0 Å². The maximum Gasteiger partial charge on any atom is 0.134 e. The molecule has 1 N–H and O–H groups in total. The zero-order valence-corrected chi connectivity index (χ0v) is 8.51. The molecule has 0 amide bonds. The Bertz CT molecular complexity index is 252. The van der Waals surface area contributed by atoms with Gasteiger partial charge in [0, 0.05) is 12.6 Å². The Morgan fingerprint density at radius 1 is 1.38 bits per heavy atom. The van der Waals surface area contributed by atoms with Crippen LogP contribution in [-0.2, 0) is 0 Å². The summed E-state index contributed by atoms with van der Waals surface area (Å²) in [4.78, 5) is 7.83. The Morgan fingerprint density at radius 3 is 2.92 bits per heavy atom. The average molecular weight is 200 g/mol. The van der Waals surface area contributed by atoms with E-state index in [0.717, 1.165) is 18.8 Å². The largest absolute Gasteiger partial charge is 0.370 e. The van der Waals surface area contributed by atoms with E-state index in [-0.39, 0.29) is 0 Å². The summed E-state index contributed by atoms with van der Waals surface area (Å²) < 4.78 is 0. The lowest BCUT2D eigenvalue weighted by atomic mass is 10.2. The van der Waals surface area contributed by atoms with E-state index in [1.165, 1.54) is 19.2 Å². The Hall–Kier alpha value is -0.830. The third kappa shape index (κ3) is 4.08. The predicted octanol–water partition coefficient (Wildman–Crippen LogP) is 2.73. The molecule has 0 saturated heterocycles. The summed E-state index contributed by atoms with van der Waals surface area (Å²) in [6, 6.07) is 1.73. The van der Waals surface area contributed by atoms with E-state index in [1.54, 1.807) is 6.07 Å². The van der Waals surface area contributed by atoms with Gasteiger partial charge >= 0.3 is 0 Å². The van der Waals surface area contributed by atoms with Crippen LogP contribution in [0.2, 0.25) is 5.15 Å². The van der Waals surface area contributed by atoms with Gasteiger partial charge in [-0.05, 0) is 6.42 Å². The molecule has 3 nitrogen and oxygen atoms in total. The van der Waals surface area contributed by atoms with Crippen LogP contribution in [-0.4, -0.2) is 16.5 Å². The molecule has 72 valence electrons. The Morgan fingerprint density at radius 2 is 2.23 bits per heavy atom.